The van der Waals surface area contributed by atoms with Gasteiger partial charge >= 0.3 is 0 Å². The van der Waals surface area contributed by atoms with Gasteiger partial charge in [0.1, 0.15) is 18.1 Å². The van der Waals surface area contributed by atoms with Crippen LogP contribution in [0.2, 0.25) is 0 Å². The molecular weight excluding hydrogens is 560 g/mol. The molecule has 2 fully saturated rings. The summed E-state index contributed by atoms with van der Waals surface area (Å²) in [6, 6.07) is 22.3. The molecule has 2 heterocycles. The molecule has 6 rings (SSSR count). The summed E-state index contributed by atoms with van der Waals surface area (Å²) in [7, 11) is 0. The number of anilines is 1. The summed E-state index contributed by atoms with van der Waals surface area (Å²) in [5.74, 6) is -1.23. The molecule has 1 aliphatic carbocycles. The molecule has 2 aliphatic heterocycles. The van der Waals surface area contributed by atoms with Crippen LogP contribution in [-0.2, 0) is 14.3 Å². The number of nitrogens with zero attached hydrogens (tertiary/aromatic N) is 2. The zero-order valence-electron chi connectivity index (χ0n) is 24.4. The van der Waals surface area contributed by atoms with E-state index in [1.165, 1.54) is 23.8 Å². The second-order valence-electron chi connectivity index (χ2n) is 11.5. The highest BCUT2D eigenvalue weighted by Crippen LogP contribution is 2.51. The van der Waals surface area contributed by atoms with E-state index in [1.807, 2.05) is 42.5 Å². The number of fused-ring (bicyclic) bond motifs is 3. The maximum atomic E-state index is 13.9. The van der Waals surface area contributed by atoms with Crippen molar-refractivity contribution in [1.82, 2.24) is 0 Å². The lowest BCUT2D eigenvalue weighted by Gasteiger charge is -2.31. The van der Waals surface area contributed by atoms with Crippen molar-refractivity contribution < 1.29 is 29.1 Å². The van der Waals surface area contributed by atoms with Crippen molar-refractivity contribution in [2.24, 2.45) is 17.8 Å². The Kier molecular flexibility index (Phi) is 8.30. The Morgan fingerprint density at radius 1 is 1.05 bits per heavy atom. The van der Waals surface area contributed by atoms with Gasteiger partial charge < -0.3 is 14.6 Å². The normalized spacial score (nSPS) is 23.1. The number of hydrogen-bond donors (Lipinski definition) is 1. The molecule has 3 aromatic carbocycles. The van der Waals surface area contributed by atoms with Crippen molar-refractivity contribution in [3.8, 4) is 11.5 Å². The molecule has 2 amide bonds. The number of imide groups is 1. The van der Waals surface area contributed by atoms with Gasteiger partial charge in [-0.15, -0.1) is 0 Å². The Labute approximate surface area is 255 Å². The number of phenols is 1. The van der Waals surface area contributed by atoms with Crippen LogP contribution in [0.3, 0.4) is 0 Å². The molecule has 0 spiro atoms. The molecule has 0 bridgehead atoms. The van der Waals surface area contributed by atoms with Gasteiger partial charge in [-0.3, -0.25) is 19.7 Å². The van der Waals surface area contributed by atoms with Gasteiger partial charge in [-0.25, -0.2) is 4.90 Å². The highest BCUT2D eigenvalue weighted by molar-refractivity contribution is 6.22. The van der Waals surface area contributed by atoms with Crippen LogP contribution in [0, 0.1) is 27.9 Å². The molecule has 0 radical (unpaired) electrons. The molecule has 0 aromatic heterocycles. The molecule has 4 atom stereocenters. The first-order valence-electron chi connectivity index (χ1n) is 15.0. The molecular formula is C35H34N2O7. The highest BCUT2D eigenvalue weighted by atomic mass is 16.6. The van der Waals surface area contributed by atoms with Crippen molar-refractivity contribution in [2.75, 3.05) is 18.1 Å². The number of rotatable bonds is 10. The minimum atomic E-state index is -0.601. The lowest BCUT2D eigenvalue weighted by molar-refractivity contribution is -0.384. The predicted molar refractivity (Wildman–Crippen MR) is 165 cm³/mol. The van der Waals surface area contributed by atoms with Crippen LogP contribution in [0.25, 0.3) is 6.08 Å². The minimum Gasteiger partial charge on any atom is -0.508 e. The number of hydrogen-bond acceptors (Lipinski definition) is 7. The van der Waals surface area contributed by atoms with Crippen LogP contribution in [-0.4, -0.2) is 41.2 Å². The Morgan fingerprint density at radius 3 is 2.59 bits per heavy atom. The highest BCUT2D eigenvalue weighted by Gasteiger charge is 2.57. The van der Waals surface area contributed by atoms with Gasteiger partial charge in [0.2, 0.25) is 11.8 Å². The average molecular weight is 595 g/mol. The van der Waals surface area contributed by atoms with E-state index in [4.69, 9.17) is 9.47 Å². The average Bonchev–Trinajstić information content (AvgIpc) is 3.56. The predicted octanol–water partition coefficient (Wildman–Crippen LogP) is 6.47. The second kappa shape index (κ2) is 12.5. The third-order valence-electron chi connectivity index (χ3n) is 8.89. The lowest BCUT2D eigenvalue weighted by atomic mass is 9.69. The van der Waals surface area contributed by atoms with E-state index in [0.717, 1.165) is 34.5 Å². The Morgan fingerprint density at radius 2 is 1.84 bits per heavy atom. The zero-order chi connectivity index (χ0) is 30.8. The molecule has 2 saturated heterocycles. The number of non-ortho nitro benzene ring substituents is 1. The molecule has 9 nitrogen and oxygen atoms in total. The first-order chi connectivity index (χ1) is 21.3. The van der Waals surface area contributed by atoms with E-state index in [0.29, 0.717) is 25.2 Å². The van der Waals surface area contributed by atoms with Crippen LogP contribution >= 0.6 is 0 Å². The van der Waals surface area contributed by atoms with Crippen LogP contribution in [0.4, 0.5) is 11.4 Å². The smallest absolute Gasteiger partial charge is 0.271 e. The van der Waals surface area contributed by atoms with Crippen molar-refractivity contribution in [3.05, 3.63) is 111 Å². The maximum absolute atomic E-state index is 13.9. The van der Waals surface area contributed by atoms with Crippen molar-refractivity contribution in [3.63, 3.8) is 0 Å². The van der Waals surface area contributed by atoms with Crippen LogP contribution < -0.4 is 9.64 Å². The van der Waals surface area contributed by atoms with Crippen molar-refractivity contribution in [2.45, 2.75) is 38.7 Å². The number of allylic oxidation sites excluding steroid dienone is 1. The third-order valence-corrected chi connectivity index (χ3v) is 8.89. The van der Waals surface area contributed by atoms with Gasteiger partial charge in [-0.2, -0.15) is 0 Å². The maximum Gasteiger partial charge on any atom is 0.271 e. The third kappa shape index (κ3) is 5.75. The van der Waals surface area contributed by atoms with Crippen molar-refractivity contribution >= 4 is 29.3 Å². The second-order valence-corrected chi connectivity index (χ2v) is 11.5. The Bertz CT molecular complexity index is 1650. The van der Waals surface area contributed by atoms with Gasteiger partial charge in [0.25, 0.3) is 5.69 Å². The molecule has 9 heteroatoms. The molecule has 3 aliphatic rings. The van der Waals surface area contributed by atoms with Crippen LogP contribution in [0.1, 0.15) is 38.2 Å². The molecule has 3 aromatic rings. The number of carbonyl (C=O) groups excluding carboxylic acids is 2. The topological polar surface area (TPSA) is 119 Å². The van der Waals surface area contributed by atoms with Crippen LogP contribution in [0.5, 0.6) is 11.5 Å². The SMILES string of the molecule is CC/C(=C\c1cccc(O)c1)CC[C@H]1OC[C@H]2C1=C(COc1ccccc1)C[C@H]1C(=O)N(c3cccc([N+](=O)[O-])c3)C(=O)[C@H]12. The standard InChI is InChI=1S/C35H34N2O7/c1-2-22(16-23-8-6-11-27(38)17-23)14-15-31-32-24(20-43-28-12-4-3-5-13-28)18-29-33(30(32)21-44-31)35(40)36(34(29)39)25-9-7-10-26(19-25)37(41)42/h3-13,16-17,19,29-31,33,38H,2,14-15,18,20-21H2,1H3/b22-16+/t29-,30+,31-,33-/m1/s1. The molecule has 0 unspecified atom stereocenters. The van der Waals surface area contributed by atoms with Crippen molar-refractivity contribution in [1.29, 1.82) is 0 Å². The number of aromatic hydroxyl groups is 1. The number of phenolic OH excluding ortho intramolecular Hbond substituents is 1. The summed E-state index contributed by atoms with van der Waals surface area (Å²) in [6.07, 6.45) is 4.52. The van der Waals surface area contributed by atoms with Gasteiger partial charge in [-0.05, 0) is 72.7 Å². The summed E-state index contributed by atoms with van der Waals surface area (Å²) in [4.78, 5) is 39.7. The van der Waals surface area contributed by atoms with Crippen LogP contribution in [0.15, 0.2) is 95.6 Å². The van der Waals surface area contributed by atoms with E-state index in [9.17, 15) is 24.8 Å². The zero-order valence-corrected chi connectivity index (χ0v) is 24.4. The number of nitro groups is 1. The molecule has 44 heavy (non-hydrogen) atoms. The summed E-state index contributed by atoms with van der Waals surface area (Å²) >= 11 is 0. The first-order valence-corrected chi connectivity index (χ1v) is 15.0. The Hall–Kier alpha value is -4.76. The fraction of sp³-hybridized carbons (Fsp3) is 0.314. The van der Waals surface area contributed by atoms with E-state index < -0.39 is 16.8 Å². The quantitative estimate of drug-likeness (QED) is 0.124. The van der Waals surface area contributed by atoms with Gasteiger partial charge in [-0.1, -0.05) is 55.0 Å². The van der Waals surface area contributed by atoms with E-state index in [2.05, 4.69) is 13.0 Å². The summed E-state index contributed by atoms with van der Waals surface area (Å²) in [6.45, 7) is 2.69. The fourth-order valence-electron chi connectivity index (χ4n) is 6.81. The molecule has 226 valence electrons. The van der Waals surface area contributed by atoms with Gasteiger partial charge in [0.05, 0.1) is 35.2 Å². The number of ether oxygens (including phenoxy) is 2. The minimum absolute atomic E-state index is 0.177. The number of nitro benzene ring substituents is 1. The van der Waals surface area contributed by atoms with Gasteiger partial charge in [0, 0.05) is 18.1 Å². The summed E-state index contributed by atoms with van der Waals surface area (Å²) < 4.78 is 12.5. The monoisotopic (exact) mass is 594 g/mol. The summed E-state index contributed by atoms with van der Waals surface area (Å²) in [5, 5.41) is 21.3. The molecule has 1 N–H and O–H groups in total. The summed E-state index contributed by atoms with van der Waals surface area (Å²) in [5.41, 5.74) is 4.19. The van der Waals surface area contributed by atoms with E-state index >= 15 is 0 Å². The largest absolute Gasteiger partial charge is 0.508 e. The van der Waals surface area contributed by atoms with E-state index in [1.54, 1.807) is 18.2 Å². The van der Waals surface area contributed by atoms with E-state index in [-0.39, 0.29) is 47.6 Å². The number of carbonyl (C=O) groups is 2. The fourth-order valence-corrected chi connectivity index (χ4v) is 6.81. The first kappa shape index (κ1) is 29.3. The van der Waals surface area contributed by atoms with Gasteiger partial charge in [0.15, 0.2) is 0 Å². The Balaban J connectivity index is 1.29. The number of benzene rings is 3. The number of para-hydroxylation sites is 1. The molecule has 0 saturated carbocycles. The number of amides is 2. The lowest BCUT2D eigenvalue weighted by Crippen LogP contribution is -2.35.